The Balaban J connectivity index is 1.91. The summed E-state index contributed by atoms with van der Waals surface area (Å²) in [4.78, 5) is 12.8. The standard InChI is InChI=1S/C22H21ClN2O4S/c1-29-20-13-12-17(23)15-21(20)30(27,28)25-19(14-16-8-4-2-5-9-16)22(26)24-18-10-6-3-7-11-18/h2-13,15,19,25H,14H2,1H3,(H,24,26). The average molecular weight is 445 g/mol. The Bertz CT molecular complexity index is 1110. The van der Waals surface area contributed by atoms with Crippen molar-refractivity contribution < 1.29 is 17.9 Å². The van der Waals surface area contributed by atoms with Crippen molar-refractivity contribution in [2.45, 2.75) is 17.4 Å². The van der Waals surface area contributed by atoms with E-state index < -0.39 is 22.0 Å². The van der Waals surface area contributed by atoms with Gasteiger partial charge in [0.15, 0.2) is 0 Å². The molecular weight excluding hydrogens is 424 g/mol. The van der Waals surface area contributed by atoms with Crippen molar-refractivity contribution in [1.29, 1.82) is 0 Å². The van der Waals surface area contributed by atoms with Crippen molar-refractivity contribution >= 4 is 33.2 Å². The molecule has 0 saturated heterocycles. The molecule has 0 aliphatic heterocycles. The van der Waals surface area contributed by atoms with Crippen LogP contribution < -0.4 is 14.8 Å². The lowest BCUT2D eigenvalue weighted by atomic mass is 10.1. The van der Waals surface area contributed by atoms with E-state index >= 15 is 0 Å². The van der Waals surface area contributed by atoms with Gasteiger partial charge in [0.2, 0.25) is 15.9 Å². The molecule has 0 bridgehead atoms. The number of ether oxygens (including phenoxy) is 1. The van der Waals surface area contributed by atoms with E-state index in [1.54, 1.807) is 24.3 Å². The van der Waals surface area contributed by atoms with Gasteiger partial charge in [0.1, 0.15) is 16.7 Å². The first-order chi connectivity index (χ1) is 14.4. The number of carbonyl (C=O) groups is 1. The Morgan fingerprint density at radius 3 is 2.27 bits per heavy atom. The molecule has 0 spiro atoms. The molecule has 2 N–H and O–H groups in total. The molecular formula is C22H21ClN2O4S. The largest absolute Gasteiger partial charge is 0.495 e. The van der Waals surface area contributed by atoms with Crippen LogP contribution in [-0.2, 0) is 21.2 Å². The van der Waals surface area contributed by atoms with E-state index in [4.69, 9.17) is 16.3 Å². The first kappa shape index (κ1) is 21.8. The molecule has 0 fully saturated rings. The van der Waals surface area contributed by atoms with Gasteiger partial charge in [-0.05, 0) is 42.3 Å². The summed E-state index contributed by atoms with van der Waals surface area (Å²) in [6.45, 7) is 0. The number of sulfonamides is 1. The number of benzene rings is 3. The average Bonchev–Trinajstić information content (AvgIpc) is 2.74. The van der Waals surface area contributed by atoms with Gasteiger partial charge in [-0.1, -0.05) is 60.1 Å². The van der Waals surface area contributed by atoms with E-state index in [1.807, 2.05) is 36.4 Å². The normalized spacial score (nSPS) is 12.2. The number of hydrogen-bond donors (Lipinski definition) is 2. The molecule has 3 aromatic rings. The second kappa shape index (κ2) is 9.75. The van der Waals surface area contributed by atoms with E-state index in [9.17, 15) is 13.2 Å². The van der Waals surface area contributed by atoms with Gasteiger partial charge in [-0.2, -0.15) is 4.72 Å². The Morgan fingerprint density at radius 2 is 1.63 bits per heavy atom. The first-order valence-corrected chi connectivity index (χ1v) is 11.0. The fraction of sp³-hybridized carbons (Fsp3) is 0.136. The molecule has 1 amide bonds. The number of hydrogen-bond acceptors (Lipinski definition) is 4. The number of anilines is 1. The Labute approximate surface area is 180 Å². The molecule has 6 nitrogen and oxygen atoms in total. The third-order valence-corrected chi connectivity index (χ3v) is 6.08. The highest BCUT2D eigenvalue weighted by atomic mass is 35.5. The molecule has 1 atom stereocenters. The van der Waals surface area contributed by atoms with Crippen LogP contribution in [0.5, 0.6) is 5.75 Å². The zero-order valence-corrected chi connectivity index (χ0v) is 17.8. The Kier molecular flexibility index (Phi) is 7.10. The van der Waals surface area contributed by atoms with Crippen molar-refractivity contribution in [2.24, 2.45) is 0 Å². The zero-order valence-electron chi connectivity index (χ0n) is 16.2. The number of rotatable bonds is 8. The molecule has 0 heterocycles. The van der Waals surface area contributed by atoms with E-state index in [0.717, 1.165) is 5.56 Å². The van der Waals surface area contributed by atoms with E-state index in [2.05, 4.69) is 10.0 Å². The minimum absolute atomic E-state index is 0.133. The third kappa shape index (κ3) is 5.60. The number of nitrogens with one attached hydrogen (secondary N) is 2. The number of halogens is 1. The highest BCUT2D eigenvalue weighted by molar-refractivity contribution is 7.89. The second-order valence-electron chi connectivity index (χ2n) is 6.51. The Hall–Kier alpha value is -2.87. The number of carbonyl (C=O) groups excluding carboxylic acids is 1. The maximum Gasteiger partial charge on any atom is 0.245 e. The van der Waals surface area contributed by atoms with E-state index in [-0.39, 0.29) is 22.1 Å². The van der Waals surface area contributed by atoms with Gasteiger partial charge >= 0.3 is 0 Å². The molecule has 0 aliphatic carbocycles. The van der Waals surface area contributed by atoms with Crippen LogP contribution in [0, 0.1) is 0 Å². The summed E-state index contributed by atoms with van der Waals surface area (Å²) in [6.07, 6.45) is 0.168. The topological polar surface area (TPSA) is 84.5 Å². The van der Waals surface area contributed by atoms with Gasteiger partial charge in [0.25, 0.3) is 0 Å². The molecule has 3 aromatic carbocycles. The molecule has 3 rings (SSSR count). The number of methoxy groups -OCH3 is 1. The second-order valence-corrected chi connectivity index (χ2v) is 8.63. The van der Waals surface area contributed by atoms with E-state index in [1.165, 1.54) is 25.3 Å². The number of amides is 1. The van der Waals surface area contributed by atoms with Gasteiger partial charge in [0.05, 0.1) is 7.11 Å². The highest BCUT2D eigenvalue weighted by Crippen LogP contribution is 2.27. The summed E-state index contributed by atoms with van der Waals surface area (Å²) in [7, 11) is -2.74. The van der Waals surface area contributed by atoms with Crippen molar-refractivity contribution in [3.8, 4) is 5.75 Å². The SMILES string of the molecule is COc1ccc(Cl)cc1S(=O)(=O)NC(Cc1ccccc1)C(=O)Nc1ccccc1. The summed E-state index contributed by atoms with van der Waals surface area (Å²) >= 11 is 5.99. The van der Waals surface area contributed by atoms with Crippen LogP contribution in [0.25, 0.3) is 0 Å². The molecule has 0 aromatic heterocycles. The Morgan fingerprint density at radius 1 is 1.00 bits per heavy atom. The molecule has 156 valence electrons. The van der Waals surface area contributed by atoms with Crippen LogP contribution in [0.15, 0.2) is 83.8 Å². The van der Waals surface area contributed by atoms with Crippen molar-refractivity contribution in [1.82, 2.24) is 4.72 Å². The molecule has 0 aliphatic rings. The van der Waals surface area contributed by atoms with Gasteiger partial charge in [-0.25, -0.2) is 8.42 Å². The minimum atomic E-state index is -4.10. The van der Waals surface area contributed by atoms with Gasteiger partial charge < -0.3 is 10.1 Å². The monoisotopic (exact) mass is 444 g/mol. The molecule has 30 heavy (non-hydrogen) atoms. The van der Waals surface area contributed by atoms with E-state index in [0.29, 0.717) is 5.69 Å². The maximum atomic E-state index is 13.1. The predicted molar refractivity (Wildman–Crippen MR) is 117 cm³/mol. The molecule has 0 radical (unpaired) electrons. The smallest absolute Gasteiger partial charge is 0.245 e. The fourth-order valence-corrected chi connectivity index (χ4v) is 4.53. The van der Waals surface area contributed by atoms with Crippen LogP contribution in [-0.4, -0.2) is 27.5 Å². The zero-order chi connectivity index (χ0) is 21.6. The molecule has 8 heteroatoms. The summed E-state index contributed by atoms with van der Waals surface area (Å²) in [5.41, 5.74) is 1.38. The summed E-state index contributed by atoms with van der Waals surface area (Å²) in [5, 5.41) is 2.99. The summed E-state index contributed by atoms with van der Waals surface area (Å²) < 4.78 is 33.8. The minimum Gasteiger partial charge on any atom is -0.495 e. The molecule has 1 unspecified atom stereocenters. The summed E-state index contributed by atoms with van der Waals surface area (Å²) in [6, 6.07) is 21.2. The predicted octanol–water partition coefficient (Wildman–Crippen LogP) is 3.88. The van der Waals surface area contributed by atoms with Crippen LogP contribution in [0.4, 0.5) is 5.69 Å². The maximum absolute atomic E-state index is 13.1. The van der Waals surface area contributed by atoms with Gasteiger partial charge in [0, 0.05) is 10.7 Å². The first-order valence-electron chi connectivity index (χ1n) is 9.15. The lowest BCUT2D eigenvalue weighted by Crippen LogP contribution is -2.45. The third-order valence-electron chi connectivity index (χ3n) is 4.35. The lowest BCUT2D eigenvalue weighted by molar-refractivity contribution is -0.117. The van der Waals surface area contributed by atoms with Gasteiger partial charge in [-0.15, -0.1) is 0 Å². The quantitative estimate of drug-likeness (QED) is 0.552. The fourth-order valence-electron chi connectivity index (χ4n) is 2.90. The molecule has 0 saturated carbocycles. The summed E-state index contributed by atoms with van der Waals surface area (Å²) in [5.74, 6) is -0.344. The van der Waals surface area contributed by atoms with Gasteiger partial charge in [-0.3, -0.25) is 4.79 Å². The van der Waals surface area contributed by atoms with Crippen LogP contribution in [0.2, 0.25) is 5.02 Å². The van der Waals surface area contributed by atoms with Crippen LogP contribution in [0.1, 0.15) is 5.56 Å². The van der Waals surface area contributed by atoms with Crippen molar-refractivity contribution in [3.63, 3.8) is 0 Å². The van der Waals surface area contributed by atoms with Crippen molar-refractivity contribution in [2.75, 3.05) is 12.4 Å². The highest BCUT2D eigenvalue weighted by Gasteiger charge is 2.28. The lowest BCUT2D eigenvalue weighted by Gasteiger charge is -2.20. The number of para-hydroxylation sites is 1. The van der Waals surface area contributed by atoms with Crippen LogP contribution >= 0.6 is 11.6 Å². The van der Waals surface area contributed by atoms with Crippen molar-refractivity contribution in [3.05, 3.63) is 89.4 Å². The van der Waals surface area contributed by atoms with Crippen LogP contribution in [0.3, 0.4) is 0 Å².